The average Bonchev–Trinajstić information content (AvgIpc) is 2.25. The minimum atomic E-state index is -4.39. The van der Waals surface area contributed by atoms with Crippen molar-refractivity contribution in [3.05, 3.63) is 29.8 Å². The Hall–Kier alpha value is -1.72. The van der Waals surface area contributed by atoms with Crippen molar-refractivity contribution in [2.75, 3.05) is 6.61 Å². The molecule has 0 atom stereocenters. The number of hydrogen-bond donors (Lipinski definition) is 1. The third-order valence-electron chi connectivity index (χ3n) is 2.36. The van der Waals surface area contributed by atoms with E-state index >= 15 is 0 Å². The molecule has 0 saturated carbocycles. The van der Waals surface area contributed by atoms with E-state index in [0.717, 1.165) is 12.1 Å². The predicted octanol–water partition coefficient (Wildman–Crippen LogP) is 3.20. The first kappa shape index (κ1) is 14.3. The van der Waals surface area contributed by atoms with Gasteiger partial charge in [-0.1, -0.05) is 0 Å². The SMILES string of the molecule is CC(C)(COc1ccc(C(F)(F)F)cc1)C(=O)O. The normalized spacial score (nSPS) is 12.3. The van der Waals surface area contributed by atoms with Crippen LogP contribution in [-0.2, 0) is 11.0 Å². The number of rotatable bonds is 4. The van der Waals surface area contributed by atoms with E-state index in [1.807, 2.05) is 0 Å². The van der Waals surface area contributed by atoms with Gasteiger partial charge < -0.3 is 9.84 Å². The van der Waals surface area contributed by atoms with Gasteiger partial charge in [0.25, 0.3) is 0 Å². The highest BCUT2D eigenvalue weighted by Gasteiger charge is 2.30. The molecule has 3 nitrogen and oxygen atoms in total. The smallest absolute Gasteiger partial charge is 0.416 e. The molecule has 0 unspecified atom stereocenters. The number of ether oxygens (including phenoxy) is 1. The molecule has 0 aromatic heterocycles. The van der Waals surface area contributed by atoms with Crippen LogP contribution in [0.25, 0.3) is 0 Å². The summed E-state index contributed by atoms with van der Waals surface area (Å²) in [5, 5.41) is 8.84. The minimum Gasteiger partial charge on any atom is -0.492 e. The number of aliphatic carboxylic acids is 1. The fraction of sp³-hybridized carbons (Fsp3) is 0.417. The number of carboxylic acid groups (broad SMARTS) is 1. The molecule has 0 saturated heterocycles. The summed E-state index contributed by atoms with van der Waals surface area (Å²) in [5.41, 5.74) is -1.87. The van der Waals surface area contributed by atoms with Crippen LogP contribution in [-0.4, -0.2) is 17.7 Å². The zero-order valence-electron chi connectivity index (χ0n) is 9.91. The van der Waals surface area contributed by atoms with Crippen LogP contribution in [0.2, 0.25) is 0 Å². The van der Waals surface area contributed by atoms with Gasteiger partial charge in [-0.15, -0.1) is 0 Å². The number of halogens is 3. The summed E-state index contributed by atoms with van der Waals surface area (Å²) in [6, 6.07) is 4.12. The van der Waals surface area contributed by atoms with Gasteiger partial charge in [-0.2, -0.15) is 13.2 Å². The number of carbonyl (C=O) groups is 1. The van der Waals surface area contributed by atoms with Crippen molar-refractivity contribution in [3.8, 4) is 5.75 Å². The van der Waals surface area contributed by atoms with Crippen LogP contribution in [0.1, 0.15) is 19.4 Å². The molecule has 100 valence electrons. The highest BCUT2D eigenvalue weighted by molar-refractivity contribution is 5.73. The van der Waals surface area contributed by atoms with Crippen LogP contribution < -0.4 is 4.74 Å². The molecule has 0 amide bonds. The van der Waals surface area contributed by atoms with Gasteiger partial charge in [0.1, 0.15) is 12.4 Å². The van der Waals surface area contributed by atoms with Crippen LogP contribution in [0, 0.1) is 5.41 Å². The fourth-order valence-electron chi connectivity index (χ4n) is 1.07. The molecule has 0 fully saturated rings. The van der Waals surface area contributed by atoms with Gasteiger partial charge in [-0.05, 0) is 38.1 Å². The number of benzene rings is 1. The second-order valence-corrected chi connectivity index (χ2v) is 4.50. The first-order chi connectivity index (χ1) is 8.13. The number of hydrogen-bond acceptors (Lipinski definition) is 2. The van der Waals surface area contributed by atoms with E-state index in [0.29, 0.717) is 0 Å². The summed E-state index contributed by atoms with van der Waals surface area (Å²) in [5.74, 6) is -0.827. The van der Waals surface area contributed by atoms with Crippen molar-refractivity contribution in [2.45, 2.75) is 20.0 Å². The van der Waals surface area contributed by atoms with Crippen molar-refractivity contribution < 1.29 is 27.8 Å². The van der Waals surface area contributed by atoms with E-state index in [4.69, 9.17) is 9.84 Å². The summed E-state index contributed by atoms with van der Waals surface area (Å²) in [7, 11) is 0. The standard InChI is InChI=1S/C12H13F3O3/c1-11(2,10(16)17)7-18-9-5-3-8(4-6-9)12(13,14)15/h3-6H,7H2,1-2H3,(H,16,17). The third-order valence-corrected chi connectivity index (χ3v) is 2.36. The van der Waals surface area contributed by atoms with Crippen LogP contribution in [0.5, 0.6) is 5.75 Å². The average molecular weight is 262 g/mol. The van der Waals surface area contributed by atoms with Crippen LogP contribution in [0.3, 0.4) is 0 Å². The molecule has 1 aromatic carbocycles. The van der Waals surface area contributed by atoms with Crippen LogP contribution in [0.15, 0.2) is 24.3 Å². The number of alkyl halides is 3. The summed E-state index contributed by atoms with van der Waals surface area (Å²) in [4.78, 5) is 10.8. The molecule has 6 heteroatoms. The maximum Gasteiger partial charge on any atom is 0.416 e. The minimum absolute atomic E-state index is 0.117. The zero-order valence-corrected chi connectivity index (χ0v) is 9.91. The molecule has 1 N–H and O–H groups in total. The summed E-state index contributed by atoms with van der Waals surface area (Å²) < 4.78 is 42.0. The van der Waals surface area contributed by atoms with Gasteiger partial charge in [-0.3, -0.25) is 4.79 Å². The molecule has 1 aromatic rings. The summed E-state index contributed by atoms with van der Waals surface area (Å²) in [6.07, 6.45) is -4.39. The molecular formula is C12H13F3O3. The molecule has 0 radical (unpaired) electrons. The Balaban J connectivity index is 2.68. The molecule has 18 heavy (non-hydrogen) atoms. The zero-order chi connectivity index (χ0) is 14.0. The van der Waals surface area contributed by atoms with Crippen LogP contribution in [0.4, 0.5) is 13.2 Å². The first-order valence-corrected chi connectivity index (χ1v) is 5.16. The Morgan fingerprint density at radius 3 is 2.11 bits per heavy atom. The molecule has 0 aliphatic heterocycles. The van der Waals surface area contributed by atoms with E-state index in [2.05, 4.69) is 0 Å². The Bertz CT molecular complexity index is 421. The quantitative estimate of drug-likeness (QED) is 0.906. The van der Waals surface area contributed by atoms with Gasteiger partial charge >= 0.3 is 12.1 Å². The lowest BCUT2D eigenvalue weighted by Crippen LogP contribution is -2.30. The highest BCUT2D eigenvalue weighted by Crippen LogP contribution is 2.30. The maximum absolute atomic E-state index is 12.3. The van der Waals surface area contributed by atoms with Crippen molar-refractivity contribution in [1.82, 2.24) is 0 Å². The monoisotopic (exact) mass is 262 g/mol. The maximum atomic E-state index is 12.3. The van der Waals surface area contributed by atoms with E-state index in [1.165, 1.54) is 26.0 Å². The van der Waals surface area contributed by atoms with Crippen molar-refractivity contribution in [3.63, 3.8) is 0 Å². The Morgan fingerprint density at radius 1 is 1.22 bits per heavy atom. The van der Waals surface area contributed by atoms with Gasteiger partial charge in [0.05, 0.1) is 11.0 Å². The third kappa shape index (κ3) is 3.65. The predicted molar refractivity (Wildman–Crippen MR) is 58.4 cm³/mol. The molecule has 1 rings (SSSR count). The Kier molecular flexibility index (Phi) is 3.88. The Morgan fingerprint density at radius 2 is 1.72 bits per heavy atom. The highest BCUT2D eigenvalue weighted by atomic mass is 19.4. The molecule has 0 bridgehead atoms. The molecule has 0 spiro atoms. The molecule has 0 heterocycles. The first-order valence-electron chi connectivity index (χ1n) is 5.16. The van der Waals surface area contributed by atoms with Gasteiger partial charge in [0.2, 0.25) is 0 Å². The number of carboxylic acids is 1. The van der Waals surface area contributed by atoms with E-state index in [9.17, 15) is 18.0 Å². The van der Waals surface area contributed by atoms with Crippen molar-refractivity contribution in [2.24, 2.45) is 5.41 Å². The molecule has 0 aliphatic rings. The van der Waals surface area contributed by atoms with Gasteiger partial charge in [0, 0.05) is 0 Å². The van der Waals surface area contributed by atoms with E-state index in [-0.39, 0.29) is 12.4 Å². The lowest BCUT2D eigenvalue weighted by atomic mass is 9.95. The van der Waals surface area contributed by atoms with Gasteiger partial charge in [0.15, 0.2) is 0 Å². The largest absolute Gasteiger partial charge is 0.492 e. The van der Waals surface area contributed by atoms with Crippen molar-refractivity contribution >= 4 is 5.97 Å². The second-order valence-electron chi connectivity index (χ2n) is 4.50. The lowest BCUT2D eigenvalue weighted by Gasteiger charge is -2.19. The van der Waals surface area contributed by atoms with Crippen molar-refractivity contribution in [1.29, 1.82) is 0 Å². The topological polar surface area (TPSA) is 46.5 Å². The molecular weight excluding hydrogens is 249 g/mol. The fourth-order valence-corrected chi connectivity index (χ4v) is 1.07. The van der Waals surface area contributed by atoms with E-state index < -0.39 is 23.1 Å². The second kappa shape index (κ2) is 4.88. The van der Waals surface area contributed by atoms with Crippen LogP contribution >= 0.6 is 0 Å². The summed E-state index contributed by atoms with van der Waals surface area (Å²) >= 11 is 0. The van der Waals surface area contributed by atoms with E-state index in [1.54, 1.807) is 0 Å². The summed E-state index contributed by atoms with van der Waals surface area (Å²) in [6.45, 7) is 2.83. The lowest BCUT2D eigenvalue weighted by molar-refractivity contribution is -0.148. The Labute approximate surface area is 102 Å². The molecule has 0 aliphatic carbocycles. The van der Waals surface area contributed by atoms with Gasteiger partial charge in [-0.25, -0.2) is 0 Å².